The van der Waals surface area contributed by atoms with Crippen LogP contribution in [0.4, 0.5) is 0 Å². The molecule has 0 aliphatic carbocycles. The molecule has 0 saturated carbocycles. The molecule has 0 heterocycles. The van der Waals surface area contributed by atoms with Crippen molar-refractivity contribution in [3.05, 3.63) is 48.0 Å². The zero-order valence-electron chi connectivity index (χ0n) is 12.6. The first-order chi connectivity index (χ1) is 9.76. The van der Waals surface area contributed by atoms with Crippen molar-refractivity contribution in [2.24, 2.45) is 0 Å². The predicted octanol–water partition coefficient (Wildman–Crippen LogP) is -1.07. The molecule has 2 rings (SSSR count). The monoisotopic (exact) mass is 307 g/mol. The second-order valence-corrected chi connectivity index (χ2v) is 4.87. The first-order valence-corrected chi connectivity index (χ1v) is 7.24. The van der Waals surface area contributed by atoms with Crippen LogP contribution in [0.1, 0.15) is 24.2 Å². The highest BCUT2D eigenvalue weighted by Crippen LogP contribution is 2.18. The predicted molar refractivity (Wildman–Crippen MR) is 81.1 cm³/mol. The molecule has 1 N–H and O–H groups in total. The number of halogens is 1. The van der Waals surface area contributed by atoms with Gasteiger partial charge in [-0.3, -0.25) is 0 Å². The van der Waals surface area contributed by atoms with Crippen molar-refractivity contribution in [3.8, 4) is 0 Å². The Morgan fingerprint density at radius 2 is 1.71 bits per heavy atom. The number of quaternary nitrogens is 1. The van der Waals surface area contributed by atoms with Crippen molar-refractivity contribution < 1.29 is 26.8 Å². The van der Waals surface area contributed by atoms with Gasteiger partial charge in [0.1, 0.15) is 13.2 Å². The van der Waals surface area contributed by atoms with E-state index in [1.807, 2.05) is 42.5 Å². The molecule has 0 unspecified atom stereocenters. The van der Waals surface area contributed by atoms with Crippen molar-refractivity contribution in [1.29, 1.82) is 0 Å². The first-order valence-electron chi connectivity index (χ1n) is 7.24. The molecule has 3 nitrogen and oxygen atoms in total. The summed E-state index contributed by atoms with van der Waals surface area (Å²) in [6.07, 6.45) is 0. The molecule has 0 radical (unpaired) electrons. The second kappa shape index (κ2) is 8.65. The van der Waals surface area contributed by atoms with Crippen LogP contribution in [0.15, 0.2) is 42.5 Å². The van der Waals surface area contributed by atoms with Gasteiger partial charge in [-0.15, -0.1) is 0 Å². The van der Waals surface area contributed by atoms with Crippen molar-refractivity contribution >= 4 is 16.7 Å². The maximum Gasteiger partial charge on any atom is 0.338 e. The van der Waals surface area contributed by atoms with Gasteiger partial charge in [0.15, 0.2) is 0 Å². The summed E-state index contributed by atoms with van der Waals surface area (Å²) in [5, 5.41) is 2.02. The molecule has 0 saturated heterocycles. The number of esters is 1. The molecule has 114 valence electrons. The maximum atomic E-state index is 12.2. The Morgan fingerprint density at radius 3 is 2.43 bits per heavy atom. The lowest BCUT2D eigenvalue weighted by Crippen LogP contribution is -3.11. The Labute approximate surface area is 132 Å². The lowest BCUT2D eigenvalue weighted by Gasteiger charge is -2.15. The molecular formula is C17H22ClNO2. The third kappa shape index (κ3) is 4.45. The normalized spacial score (nSPS) is 10.4. The van der Waals surface area contributed by atoms with E-state index in [0.717, 1.165) is 30.4 Å². The third-order valence-corrected chi connectivity index (χ3v) is 3.70. The van der Waals surface area contributed by atoms with Gasteiger partial charge in [-0.1, -0.05) is 36.4 Å². The number of likely N-dealkylation sites (N-methyl/N-ethyl adjacent to an activating group) is 1. The summed E-state index contributed by atoms with van der Waals surface area (Å²) < 4.78 is 5.41. The van der Waals surface area contributed by atoms with Crippen LogP contribution in [0, 0.1) is 0 Å². The first kappa shape index (κ1) is 17.5. The third-order valence-electron chi connectivity index (χ3n) is 3.70. The van der Waals surface area contributed by atoms with Crippen molar-refractivity contribution in [1.82, 2.24) is 0 Å². The average Bonchev–Trinajstić information content (AvgIpc) is 2.51. The summed E-state index contributed by atoms with van der Waals surface area (Å²) >= 11 is 0. The minimum Gasteiger partial charge on any atom is -1.00 e. The Balaban J connectivity index is 0.00000220. The Morgan fingerprint density at radius 1 is 1.05 bits per heavy atom. The van der Waals surface area contributed by atoms with Crippen LogP contribution in [0.3, 0.4) is 0 Å². The van der Waals surface area contributed by atoms with Crippen LogP contribution < -0.4 is 17.3 Å². The zero-order chi connectivity index (χ0) is 14.4. The summed E-state index contributed by atoms with van der Waals surface area (Å²) in [6, 6.07) is 13.6. The molecule has 0 amide bonds. The lowest BCUT2D eigenvalue weighted by molar-refractivity contribution is -0.896. The number of rotatable bonds is 6. The standard InChI is InChI=1S/C17H21NO2.ClH/c1-3-18(4-2)12-13-20-17(19)16-11-7-9-14-8-5-6-10-15(14)16;/h5-11H,3-4,12-13H2,1-2H3;1H. The van der Waals surface area contributed by atoms with Gasteiger partial charge in [-0.2, -0.15) is 0 Å². The maximum absolute atomic E-state index is 12.2. The van der Waals surface area contributed by atoms with E-state index in [9.17, 15) is 4.79 Å². The van der Waals surface area contributed by atoms with Crippen molar-refractivity contribution in [3.63, 3.8) is 0 Å². The number of nitrogens with one attached hydrogen (secondary N) is 1. The van der Waals surface area contributed by atoms with E-state index < -0.39 is 0 Å². The van der Waals surface area contributed by atoms with E-state index in [0.29, 0.717) is 12.2 Å². The van der Waals surface area contributed by atoms with Gasteiger partial charge >= 0.3 is 5.97 Å². The highest BCUT2D eigenvalue weighted by Gasteiger charge is 2.12. The summed E-state index contributed by atoms with van der Waals surface area (Å²) in [7, 11) is 0. The van der Waals surface area contributed by atoms with Crippen LogP contribution in [0.5, 0.6) is 0 Å². The van der Waals surface area contributed by atoms with Crippen LogP contribution in [0.25, 0.3) is 10.8 Å². The minimum atomic E-state index is -0.228. The van der Waals surface area contributed by atoms with E-state index in [-0.39, 0.29) is 18.4 Å². The van der Waals surface area contributed by atoms with Crippen molar-refractivity contribution in [2.45, 2.75) is 13.8 Å². The van der Waals surface area contributed by atoms with Crippen LogP contribution in [-0.4, -0.2) is 32.2 Å². The van der Waals surface area contributed by atoms with Gasteiger partial charge in [0.2, 0.25) is 0 Å². The second-order valence-electron chi connectivity index (χ2n) is 4.87. The molecule has 0 aromatic heterocycles. The number of hydrogen-bond donors (Lipinski definition) is 1. The number of carbonyl (C=O) groups is 1. The fourth-order valence-corrected chi connectivity index (χ4v) is 2.37. The van der Waals surface area contributed by atoms with Crippen LogP contribution in [0.2, 0.25) is 0 Å². The Bertz CT molecular complexity index is 577. The van der Waals surface area contributed by atoms with Crippen molar-refractivity contribution in [2.75, 3.05) is 26.2 Å². The van der Waals surface area contributed by atoms with E-state index in [2.05, 4.69) is 13.8 Å². The summed E-state index contributed by atoms with van der Waals surface area (Å²) in [6.45, 7) is 7.74. The molecule has 2 aromatic carbocycles. The molecule has 0 fully saturated rings. The summed E-state index contributed by atoms with van der Waals surface area (Å²) in [5.41, 5.74) is 0.651. The van der Waals surface area contributed by atoms with Gasteiger partial charge in [-0.25, -0.2) is 4.79 Å². The minimum absolute atomic E-state index is 0. The topological polar surface area (TPSA) is 30.7 Å². The van der Waals surface area contributed by atoms with E-state index in [1.165, 1.54) is 4.90 Å². The van der Waals surface area contributed by atoms with E-state index >= 15 is 0 Å². The highest BCUT2D eigenvalue weighted by atomic mass is 35.5. The summed E-state index contributed by atoms with van der Waals surface area (Å²) in [5.74, 6) is -0.228. The SMILES string of the molecule is CC[NH+](CC)CCOC(=O)c1cccc2ccccc12.[Cl-]. The number of carbonyl (C=O) groups excluding carboxylic acids is 1. The van der Waals surface area contributed by atoms with Gasteiger partial charge in [-0.05, 0) is 30.7 Å². The van der Waals surface area contributed by atoms with E-state index in [4.69, 9.17) is 4.74 Å². The van der Waals surface area contributed by atoms with Gasteiger partial charge in [0.05, 0.1) is 18.7 Å². The molecule has 0 aliphatic heterocycles. The smallest absolute Gasteiger partial charge is 0.338 e. The molecule has 0 aliphatic rings. The number of benzene rings is 2. The van der Waals surface area contributed by atoms with E-state index in [1.54, 1.807) is 0 Å². The molecular weight excluding hydrogens is 286 g/mol. The molecule has 0 bridgehead atoms. The quantitative estimate of drug-likeness (QED) is 0.689. The molecule has 21 heavy (non-hydrogen) atoms. The van der Waals surface area contributed by atoms with Crippen LogP contribution in [-0.2, 0) is 4.74 Å². The fourth-order valence-electron chi connectivity index (χ4n) is 2.37. The molecule has 4 heteroatoms. The number of ether oxygens (including phenoxy) is 1. The van der Waals surface area contributed by atoms with Gasteiger partial charge in [0.25, 0.3) is 0 Å². The number of hydrogen-bond acceptors (Lipinski definition) is 2. The zero-order valence-corrected chi connectivity index (χ0v) is 13.3. The summed E-state index contributed by atoms with van der Waals surface area (Å²) in [4.78, 5) is 13.6. The molecule has 0 spiro atoms. The van der Waals surface area contributed by atoms with Gasteiger partial charge in [0, 0.05) is 0 Å². The fraction of sp³-hybridized carbons (Fsp3) is 0.353. The average molecular weight is 308 g/mol. The Hall–Kier alpha value is -1.58. The lowest BCUT2D eigenvalue weighted by atomic mass is 10.1. The van der Waals surface area contributed by atoms with Gasteiger partial charge < -0.3 is 22.0 Å². The molecule has 2 aromatic rings. The Kier molecular flexibility index (Phi) is 7.20. The highest BCUT2D eigenvalue weighted by molar-refractivity contribution is 6.04. The largest absolute Gasteiger partial charge is 1.00 e. The van der Waals surface area contributed by atoms with Crippen LogP contribution >= 0.6 is 0 Å². The molecule has 0 atom stereocenters. The number of fused-ring (bicyclic) bond motifs is 1.